The molecular weight excluding hydrogens is 335 g/mol. The highest BCUT2D eigenvalue weighted by atomic mass is 31.2. The highest BCUT2D eigenvalue weighted by Gasteiger charge is 2.20. The van der Waals surface area contributed by atoms with Gasteiger partial charge in [-0.1, -0.05) is 0 Å². The lowest BCUT2D eigenvalue weighted by atomic mass is 10.2. The van der Waals surface area contributed by atoms with Crippen molar-refractivity contribution in [2.24, 2.45) is 0 Å². The number of carbonyl (C=O) groups is 1. The van der Waals surface area contributed by atoms with E-state index >= 15 is 0 Å². The van der Waals surface area contributed by atoms with E-state index in [0.717, 1.165) is 0 Å². The summed E-state index contributed by atoms with van der Waals surface area (Å²) in [4.78, 5) is 38.6. The van der Waals surface area contributed by atoms with Gasteiger partial charge in [-0.15, -0.1) is 0 Å². The van der Waals surface area contributed by atoms with Gasteiger partial charge < -0.3 is 19.8 Å². The van der Waals surface area contributed by atoms with E-state index in [1.54, 1.807) is 0 Å². The third-order valence-electron chi connectivity index (χ3n) is 2.63. The van der Waals surface area contributed by atoms with Crippen LogP contribution in [0.2, 0.25) is 0 Å². The van der Waals surface area contributed by atoms with Crippen LogP contribution < -0.4 is 5.32 Å². The summed E-state index contributed by atoms with van der Waals surface area (Å²) < 4.78 is 19.4. The first-order valence-electron chi connectivity index (χ1n) is 6.11. The number of aromatic nitrogens is 2. The Morgan fingerprint density at radius 2 is 2.09 bits per heavy atom. The van der Waals surface area contributed by atoms with Crippen LogP contribution in [0.3, 0.4) is 0 Å². The lowest BCUT2D eigenvalue weighted by Gasteiger charge is -2.07. The molecule has 12 nitrogen and oxygen atoms in total. The minimum absolute atomic E-state index is 0.0379. The number of hydrogen-bond acceptors (Lipinski definition) is 9. The zero-order valence-corrected chi connectivity index (χ0v) is 12.3. The van der Waals surface area contributed by atoms with Crippen molar-refractivity contribution in [3.63, 3.8) is 0 Å². The fraction of sp³-hybridized carbons (Fsp3) is 0.300. The molecule has 2 aromatic rings. The van der Waals surface area contributed by atoms with Gasteiger partial charge >= 0.3 is 19.3 Å². The summed E-state index contributed by atoms with van der Waals surface area (Å²) in [5.74, 6) is -0.808. The third-order valence-corrected chi connectivity index (χ3v) is 3.09. The summed E-state index contributed by atoms with van der Waals surface area (Å²) in [7, 11) is -4.41. The summed E-state index contributed by atoms with van der Waals surface area (Å²) in [6, 6.07) is 2.59. The minimum Gasteiger partial charge on any atom is -0.453 e. The molecule has 0 saturated carbocycles. The normalized spacial score (nSPS) is 11.4. The minimum atomic E-state index is -4.41. The Morgan fingerprint density at radius 3 is 2.74 bits per heavy atom. The molecule has 0 saturated heterocycles. The van der Waals surface area contributed by atoms with Crippen LogP contribution in [0.4, 0.5) is 11.4 Å². The van der Waals surface area contributed by atoms with Crippen molar-refractivity contribution < 1.29 is 33.4 Å². The summed E-state index contributed by atoms with van der Waals surface area (Å²) in [5.41, 5.74) is 0.175. The molecule has 0 fully saturated rings. The van der Waals surface area contributed by atoms with E-state index in [1.807, 2.05) is 0 Å². The van der Waals surface area contributed by atoms with Crippen LogP contribution in [0.25, 0.3) is 11.0 Å². The van der Waals surface area contributed by atoms with Gasteiger partial charge in [-0.25, -0.2) is 4.63 Å². The summed E-state index contributed by atoms with van der Waals surface area (Å²) in [6.45, 7) is 0.0553. The fourth-order valence-corrected chi connectivity index (χ4v) is 1.98. The molecule has 3 N–H and O–H groups in total. The monoisotopic (exact) mass is 346 g/mol. The second-order valence-corrected chi connectivity index (χ2v) is 5.93. The number of benzene rings is 1. The van der Waals surface area contributed by atoms with Gasteiger partial charge in [0.1, 0.15) is 0 Å². The fourth-order valence-electron chi connectivity index (χ4n) is 1.67. The topological polar surface area (TPSA) is 178 Å². The van der Waals surface area contributed by atoms with Crippen LogP contribution in [-0.2, 0) is 14.1 Å². The van der Waals surface area contributed by atoms with E-state index in [2.05, 4.69) is 25.0 Å². The molecule has 0 amide bonds. The largest absolute Gasteiger partial charge is 0.453 e. The second kappa shape index (κ2) is 6.69. The molecular formula is C10H11N4O8P. The predicted octanol–water partition coefficient (Wildman–Crippen LogP) is 0.611. The van der Waals surface area contributed by atoms with Crippen molar-refractivity contribution in [1.29, 1.82) is 0 Å². The van der Waals surface area contributed by atoms with Crippen LogP contribution in [0.5, 0.6) is 0 Å². The smallest absolute Gasteiger partial charge is 0.362 e. The zero-order valence-electron chi connectivity index (χ0n) is 11.4. The standard InChI is InChI=1S/C10H11N4O8P/c15-8(21-5-23(18,19)20)3-4-11-6-1-2-7(14(16)17)10-9(6)12-22-13-10/h1-2,11H,3-5H2,(H2,18,19,20). The first-order valence-corrected chi connectivity index (χ1v) is 7.91. The maximum absolute atomic E-state index is 11.3. The Morgan fingerprint density at radius 1 is 1.39 bits per heavy atom. The van der Waals surface area contributed by atoms with Gasteiger partial charge in [-0.05, 0) is 16.4 Å². The maximum atomic E-state index is 11.3. The van der Waals surface area contributed by atoms with Gasteiger partial charge in [0.05, 0.1) is 17.0 Å². The van der Waals surface area contributed by atoms with E-state index in [0.29, 0.717) is 5.69 Å². The number of fused-ring (bicyclic) bond motifs is 1. The number of esters is 1. The van der Waals surface area contributed by atoms with Gasteiger partial charge in [0, 0.05) is 12.6 Å². The number of nitrogens with zero attached hydrogens (tertiary/aromatic N) is 3. The van der Waals surface area contributed by atoms with Crippen LogP contribution in [0.15, 0.2) is 16.8 Å². The number of nitro groups is 1. The maximum Gasteiger partial charge on any atom is 0.362 e. The summed E-state index contributed by atoms with van der Waals surface area (Å²) in [6.07, 6.45) is -1.16. The Kier molecular flexibility index (Phi) is 4.89. The molecule has 0 bridgehead atoms. The Balaban J connectivity index is 1.97. The number of anilines is 1. The summed E-state index contributed by atoms with van der Waals surface area (Å²) in [5, 5.41) is 20.6. The first kappa shape index (κ1) is 16.8. The van der Waals surface area contributed by atoms with Crippen LogP contribution in [0.1, 0.15) is 6.42 Å². The van der Waals surface area contributed by atoms with Gasteiger partial charge in [-0.3, -0.25) is 19.5 Å². The molecule has 1 aromatic heterocycles. The molecule has 0 aliphatic carbocycles. The number of rotatable bonds is 7. The van der Waals surface area contributed by atoms with Crippen molar-refractivity contribution >= 4 is 36.0 Å². The van der Waals surface area contributed by atoms with Crippen molar-refractivity contribution in [3.05, 3.63) is 22.2 Å². The second-order valence-electron chi connectivity index (χ2n) is 4.34. The molecule has 0 aliphatic rings. The highest BCUT2D eigenvalue weighted by molar-refractivity contribution is 7.51. The molecule has 23 heavy (non-hydrogen) atoms. The first-order chi connectivity index (χ1) is 10.8. The van der Waals surface area contributed by atoms with Crippen molar-refractivity contribution in [1.82, 2.24) is 10.3 Å². The van der Waals surface area contributed by atoms with Gasteiger partial charge in [0.2, 0.25) is 5.52 Å². The van der Waals surface area contributed by atoms with E-state index in [9.17, 15) is 19.5 Å². The van der Waals surface area contributed by atoms with Crippen molar-refractivity contribution in [2.45, 2.75) is 6.42 Å². The molecule has 1 heterocycles. The highest BCUT2D eigenvalue weighted by Crippen LogP contribution is 2.34. The molecule has 0 aliphatic heterocycles. The zero-order chi connectivity index (χ0) is 17.0. The van der Waals surface area contributed by atoms with Crippen LogP contribution in [-0.4, -0.2) is 43.9 Å². The molecule has 1 aromatic carbocycles. The van der Waals surface area contributed by atoms with Gasteiger partial charge in [0.15, 0.2) is 11.9 Å². The molecule has 124 valence electrons. The quantitative estimate of drug-likeness (QED) is 0.277. The van der Waals surface area contributed by atoms with Crippen LogP contribution >= 0.6 is 7.60 Å². The molecule has 2 rings (SSSR count). The number of non-ortho nitro benzene ring substituents is 1. The molecule has 0 unspecified atom stereocenters. The average Bonchev–Trinajstić information content (AvgIpc) is 2.93. The molecule has 0 atom stereocenters. The van der Waals surface area contributed by atoms with E-state index in [1.165, 1.54) is 12.1 Å². The lowest BCUT2D eigenvalue weighted by Crippen LogP contribution is -2.12. The molecule has 0 spiro atoms. The Labute approximate surface area is 127 Å². The number of nitro benzene ring substituents is 1. The summed E-state index contributed by atoms with van der Waals surface area (Å²) >= 11 is 0. The number of nitrogens with one attached hydrogen (secondary N) is 1. The average molecular weight is 346 g/mol. The number of ether oxygens (including phenoxy) is 1. The van der Waals surface area contributed by atoms with Crippen molar-refractivity contribution in [2.75, 3.05) is 18.2 Å². The lowest BCUT2D eigenvalue weighted by molar-refractivity contribution is -0.383. The third kappa shape index (κ3) is 4.45. The van der Waals surface area contributed by atoms with Gasteiger partial charge in [-0.2, -0.15) is 0 Å². The van der Waals surface area contributed by atoms with E-state index in [4.69, 9.17) is 9.79 Å². The van der Waals surface area contributed by atoms with Crippen LogP contribution in [0, 0.1) is 10.1 Å². The van der Waals surface area contributed by atoms with Crippen molar-refractivity contribution in [3.8, 4) is 0 Å². The van der Waals surface area contributed by atoms with E-state index < -0.39 is 24.8 Å². The van der Waals surface area contributed by atoms with E-state index in [-0.39, 0.29) is 29.7 Å². The Bertz CT molecular complexity index is 784. The predicted molar refractivity (Wildman–Crippen MR) is 74.6 cm³/mol. The molecule has 13 heteroatoms. The molecule has 0 radical (unpaired) electrons. The Hall–Kier alpha value is -2.56. The number of carbonyl (C=O) groups excluding carboxylic acids is 1. The SMILES string of the molecule is O=C(CCNc1ccc([N+](=O)[O-])c2nonc12)OCP(=O)(O)O. The number of hydrogen-bond donors (Lipinski definition) is 3. The van der Waals surface area contributed by atoms with Gasteiger partial charge in [0.25, 0.3) is 0 Å².